The summed E-state index contributed by atoms with van der Waals surface area (Å²) in [5, 5.41) is 0. The fourth-order valence-corrected chi connectivity index (χ4v) is 4.19. The third-order valence-corrected chi connectivity index (χ3v) is 5.84. The molecule has 0 aliphatic carbocycles. The Morgan fingerprint density at radius 1 is 1.11 bits per heavy atom. The van der Waals surface area contributed by atoms with E-state index in [4.69, 9.17) is 4.74 Å². The second-order valence-electron chi connectivity index (χ2n) is 7.67. The van der Waals surface area contributed by atoms with Gasteiger partial charge >= 0.3 is 0 Å². The first-order valence-electron chi connectivity index (χ1n) is 10.3. The maximum absolute atomic E-state index is 12.4. The van der Waals surface area contributed by atoms with Crippen LogP contribution in [0.5, 0.6) is 0 Å². The van der Waals surface area contributed by atoms with Crippen LogP contribution in [-0.2, 0) is 16.0 Å². The molecule has 1 amide bonds. The van der Waals surface area contributed by atoms with Gasteiger partial charge < -0.3 is 9.64 Å². The molecule has 2 aromatic carbocycles. The van der Waals surface area contributed by atoms with E-state index in [1.165, 1.54) is 5.56 Å². The van der Waals surface area contributed by atoms with E-state index in [0.717, 1.165) is 61.2 Å². The average Bonchev–Trinajstić information content (AvgIpc) is 3.41. The normalized spacial score (nSPS) is 18.3. The summed E-state index contributed by atoms with van der Waals surface area (Å²) in [6, 6.07) is 14.2. The summed E-state index contributed by atoms with van der Waals surface area (Å²) in [5.74, 6) is 0.363. The molecular weight excluding hydrogens is 350 g/mol. The van der Waals surface area contributed by atoms with Crippen molar-refractivity contribution in [2.45, 2.75) is 51.6 Å². The van der Waals surface area contributed by atoms with E-state index < -0.39 is 0 Å². The summed E-state index contributed by atoms with van der Waals surface area (Å²) >= 11 is 0. The van der Waals surface area contributed by atoms with Gasteiger partial charge in [0.1, 0.15) is 0 Å². The topological polar surface area (TPSA) is 46.6 Å². The van der Waals surface area contributed by atoms with Crippen molar-refractivity contribution in [3.05, 3.63) is 53.6 Å². The molecule has 1 unspecified atom stereocenters. The lowest BCUT2D eigenvalue weighted by Gasteiger charge is -2.16. The van der Waals surface area contributed by atoms with Gasteiger partial charge in [-0.2, -0.15) is 0 Å². The summed E-state index contributed by atoms with van der Waals surface area (Å²) in [5.41, 5.74) is 5.25. The van der Waals surface area contributed by atoms with Crippen molar-refractivity contribution in [3.8, 4) is 11.1 Å². The number of benzene rings is 2. The zero-order valence-electron chi connectivity index (χ0n) is 16.4. The summed E-state index contributed by atoms with van der Waals surface area (Å²) in [7, 11) is 0. The highest BCUT2D eigenvalue weighted by atomic mass is 16.5. The Kier molecular flexibility index (Phi) is 5.58. The number of ketones is 1. The van der Waals surface area contributed by atoms with Crippen LogP contribution in [0, 0.1) is 0 Å². The van der Waals surface area contributed by atoms with Gasteiger partial charge in [-0.1, -0.05) is 37.3 Å². The minimum atomic E-state index is 0.178. The van der Waals surface area contributed by atoms with Gasteiger partial charge in [0.25, 0.3) is 0 Å². The fourth-order valence-electron chi connectivity index (χ4n) is 4.19. The summed E-state index contributed by atoms with van der Waals surface area (Å²) in [6.07, 6.45) is 5.24. The van der Waals surface area contributed by atoms with Gasteiger partial charge in [0.2, 0.25) is 5.91 Å². The first kappa shape index (κ1) is 18.9. The van der Waals surface area contributed by atoms with E-state index in [1.54, 1.807) is 0 Å². The SMILES string of the molecule is CCC(=O)N1CCc2cc(-c3ccc(C(=O)CCC4CCCO4)cc3)ccc21. The monoisotopic (exact) mass is 377 g/mol. The average molecular weight is 377 g/mol. The van der Waals surface area contributed by atoms with E-state index in [9.17, 15) is 9.59 Å². The lowest BCUT2D eigenvalue weighted by Crippen LogP contribution is -2.27. The van der Waals surface area contributed by atoms with Gasteiger partial charge in [0, 0.05) is 37.2 Å². The van der Waals surface area contributed by atoms with Crippen LogP contribution in [0.15, 0.2) is 42.5 Å². The van der Waals surface area contributed by atoms with Crippen LogP contribution in [0.2, 0.25) is 0 Å². The van der Waals surface area contributed by atoms with Crippen molar-refractivity contribution in [1.82, 2.24) is 0 Å². The standard InChI is InChI=1S/C24H27NO3/c1-2-24(27)25-14-13-20-16-19(9-11-22(20)25)17-5-7-18(8-6-17)23(26)12-10-21-4-3-15-28-21/h5-9,11,16,21H,2-4,10,12-15H2,1H3. The Hall–Kier alpha value is -2.46. The van der Waals surface area contributed by atoms with Gasteiger partial charge in [-0.05, 0) is 54.5 Å². The number of nitrogens with zero attached hydrogens (tertiary/aromatic N) is 1. The van der Waals surface area contributed by atoms with E-state index >= 15 is 0 Å². The number of carbonyl (C=O) groups is 2. The number of fused-ring (bicyclic) bond motifs is 1. The molecule has 0 spiro atoms. The van der Waals surface area contributed by atoms with E-state index in [1.807, 2.05) is 42.2 Å². The van der Waals surface area contributed by atoms with Crippen LogP contribution < -0.4 is 4.90 Å². The molecule has 0 N–H and O–H groups in total. The Morgan fingerprint density at radius 2 is 1.89 bits per heavy atom. The van der Waals surface area contributed by atoms with Crippen molar-refractivity contribution in [2.24, 2.45) is 0 Å². The predicted octanol–water partition coefficient (Wildman–Crippen LogP) is 4.79. The molecule has 0 radical (unpaired) electrons. The summed E-state index contributed by atoms with van der Waals surface area (Å²) < 4.78 is 5.61. The number of hydrogen-bond donors (Lipinski definition) is 0. The summed E-state index contributed by atoms with van der Waals surface area (Å²) in [6.45, 7) is 3.50. The molecule has 0 saturated carbocycles. The number of hydrogen-bond acceptors (Lipinski definition) is 3. The first-order valence-corrected chi connectivity index (χ1v) is 10.3. The lowest BCUT2D eigenvalue weighted by molar-refractivity contribution is -0.118. The molecule has 4 nitrogen and oxygen atoms in total. The quantitative estimate of drug-likeness (QED) is 0.680. The number of Topliss-reactive ketones (excluding diaryl/α,β-unsaturated/α-hetero) is 1. The zero-order chi connectivity index (χ0) is 19.5. The van der Waals surface area contributed by atoms with Crippen LogP contribution in [0.4, 0.5) is 5.69 Å². The second kappa shape index (κ2) is 8.27. The molecule has 4 rings (SSSR count). The molecule has 2 heterocycles. The van der Waals surface area contributed by atoms with Gasteiger partial charge in [0.05, 0.1) is 6.10 Å². The van der Waals surface area contributed by atoms with Crippen LogP contribution in [0.25, 0.3) is 11.1 Å². The molecule has 1 fully saturated rings. The number of rotatable bonds is 6. The lowest BCUT2D eigenvalue weighted by atomic mass is 9.98. The molecule has 2 aliphatic heterocycles. The van der Waals surface area contributed by atoms with Gasteiger partial charge in [-0.15, -0.1) is 0 Å². The highest BCUT2D eigenvalue weighted by molar-refractivity contribution is 5.97. The second-order valence-corrected chi connectivity index (χ2v) is 7.67. The molecule has 1 atom stereocenters. The van der Waals surface area contributed by atoms with Crippen molar-refractivity contribution >= 4 is 17.4 Å². The van der Waals surface area contributed by atoms with Crippen LogP contribution in [0.1, 0.15) is 54.9 Å². The third-order valence-electron chi connectivity index (χ3n) is 5.84. The highest BCUT2D eigenvalue weighted by Crippen LogP contribution is 2.33. The molecule has 28 heavy (non-hydrogen) atoms. The molecule has 146 valence electrons. The molecule has 0 bridgehead atoms. The van der Waals surface area contributed by atoms with Gasteiger partial charge in [-0.3, -0.25) is 9.59 Å². The molecule has 0 aromatic heterocycles. The molecule has 4 heteroatoms. The van der Waals surface area contributed by atoms with Crippen molar-refractivity contribution < 1.29 is 14.3 Å². The minimum Gasteiger partial charge on any atom is -0.378 e. The first-order chi connectivity index (χ1) is 13.7. The zero-order valence-corrected chi connectivity index (χ0v) is 16.4. The number of carbonyl (C=O) groups excluding carboxylic acids is 2. The molecule has 2 aliphatic rings. The number of amides is 1. The molecular formula is C24H27NO3. The van der Waals surface area contributed by atoms with Gasteiger partial charge in [-0.25, -0.2) is 0 Å². The molecule has 2 aromatic rings. The van der Waals surface area contributed by atoms with Gasteiger partial charge in [0.15, 0.2) is 5.78 Å². The van der Waals surface area contributed by atoms with Crippen LogP contribution in [-0.4, -0.2) is 30.9 Å². The Morgan fingerprint density at radius 3 is 2.61 bits per heavy atom. The maximum atomic E-state index is 12.4. The Labute approximate surface area is 166 Å². The predicted molar refractivity (Wildman–Crippen MR) is 111 cm³/mol. The smallest absolute Gasteiger partial charge is 0.226 e. The van der Waals surface area contributed by atoms with Crippen molar-refractivity contribution in [1.29, 1.82) is 0 Å². The largest absolute Gasteiger partial charge is 0.378 e. The minimum absolute atomic E-state index is 0.178. The van der Waals surface area contributed by atoms with Crippen LogP contribution >= 0.6 is 0 Å². The summed E-state index contributed by atoms with van der Waals surface area (Å²) in [4.78, 5) is 26.4. The van der Waals surface area contributed by atoms with E-state index in [0.29, 0.717) is 12.8 Å². The Balaban J connectivity index is 1.44. The third kappa shape index (κ3) is 3.88. The number of anilines is 1. The fraction of sp³-hybridized carbons (Fsp3) is 0.417. The molecule has 1 saturated heterocycles. The highest BCUT2D eigenvalue weighted by Gasteiger charge is 2.23. The van der Waals surface area contributed by atoms with E-state index in [-0.39, 0.29) is 17.8 Å². The van der Waals surface area contributed by atoms with Crippen LogP contribution in [0.3, 0.4) is 0 Å². The number of ether oxygens (including phenoxy) is 1. The van der Waals surface area contributed by atoms with Crippen molar-refractivity contribution in [2.75, 3.05) is 18.1 Å². The Bertz CT molecular complexity index is 866. The van der Waals surface area contributed by atoms with Crippen molar-refractivity contribution in [3.63, 3.8) is 0 Å². The maximum Gasteiger partial charge on any atom is 0.226 e. The van der Waals surface area contributed by atoms with E-state index in [2.05, 4.69) is 12.1 Å².